The monoisotopic (exact) mass is 150 g/mol. The molecule has 0 aromatic rings. The number of allylic oxidation sites excluding steroid dienone is 2. The maximum Gasteiger partial charge on any atom is 0.294 e. The lowest BCUT2D eigenvalue weighted by Gasteiger charge is -2.11. The van der Waals surface area contributed by atoms with Gasteiger partial charge in [0, 0.05) is 5.70 Å². The third kappa shape index (κ3) is 0.756. The van der Waals surface area contributed by atoms with Gasteiger partial charge in [-0.2, -0.15) is 0 Å². The van der Waals surface area contributed by atoms with Crippen LogP contribution in [-0.2, 0) is 9.59 Å². The van der Waals surface area contributed by atoms with Crippen molar-refractivity contribution in [3.63, 3.8) is 0 Å². The van der Waals surface area contributed by atoms with Crippen molar-refractivity contribution < 1.29 is 9.59 Å². The zero-order chi connectivity index (χ0) is 7.84. The normalized spacial score (nSPS) is 27.3. The number of hydrogen-bond acceptors (Lipinski definition) is 3. The number of nitrogens with one attached hydrogen (secondary N) is 2. The molecule has 11 heavy (non-hydrogen) atoms. The van der Waals surface area contributed by atoms with E-state index in [1.807, 2.05) is 0 Å². The number of rotatable bonds is 0. The van der Waals surface area contributed by atoms with Gasteiger partial charge in [-0.15, -0.1) is 0 Å². The summed E-state index contributed by atoms with van der Waals surface area (Å²) in [5, 5.41) is 5.24. The number of amides is 1. The smallest absolute Gasteiger partial charge is 0.294 e. The van der Waals surface area contributed by atoms with Crippen molar-refractivity contribution in [3.05, 3.63) is 24.0 Å². The second-order valence-corrected chi connectivity index (χ2v) is 2.40. The number of ketones is 1. The third-order valence-corrected chi connectivity index (χ3v) is 1.69. The van der Waals surface area contributed by atoms with E-state index in [0.717, 1.165) is 0 Å². The van der Waals surface area contributed by atoms with E-state index < -0.39 is 17.7 Å². The molecule has 1 atom stereocenters. The summed E-state index contributed by atoms with van der Waals surface area (Å²) >= 11 is 0. The van der Waals surface area contributed by atoms with Gasteiger partial charge in [-0.1, -0.05) is 0 Å². The van der Waals surface area contributed by atoms with Gasteiger partial charge in [0.15, 0.2) is 0 Å². The highest BCUT2D eigenvalue weighted by molar-refractivity contribution is 6.42. The Kier molecular flexibility index (Phi) is 1.09. The summed E-state index contributed by atoms with van der Waals surface area (Å²) in [4.78, 5) is 21.8. The number of Topliss-reactive ketones (excluding diaryl/α,β-unsaturated/α-hetero) is 1. The molecule has 0 radical (unpaired) electrons. The zero-order valence-corrected chi connectivity index (χ0v) is 5.63. The molecule has 0 spiro atoms. The predicted octanol–water partition coefficient (Wildman–Crippen LogP) is -0.945. The fourth-order valence-electron chi connectivity index (χ4n) is 1.14. The van der Waals surface area contributed by atoms with Gasteiger partial charge in [-0.25, -0.2) is 0 Å². The van der Waals surface area contributed by atoms with Gasteiger partial charge in [-0.3, -0.25) is 9.59 Å². The first kappa shape index (κ1) is 6.15. The molecule has 4 nitrogen and oxygen atoms in total. The van der Waals surface area contributed by atoms with Crippen LogP contribution in [0.3, 0.4) is 0 Å². The van der Waals surface area contributed by atoms with Crippen LogP contribution in [0.1, 0.15) is 0 Å². The van der Waals surface area contributed by atoms with Gasteiger partial charge >= 0.3 is 0 Å². The van der Waals surface area contributed by atoms with Crippen LogP contribution in [0.5, 0.6) is 0 Å². The zero-order valence-electron chi connectivity index (χ0n) is 5.63. The summed E-state index contributed by atoms with van der Waals surface area (Å²) < 4.78 is 0. The summed E-state index contributed by atoms with van der Waals surface area (Å²) in [6, 6.07) is -0.465. The number of fused-ring (bicyclic) bond motifs is 1. The fourth-order valence-corrected chi connectivity index (χ4v) is 1.14. The molecule has 2 rings (SSSR count). The maximum atomic E-state index is 11.0. The van der Waals surface area contributed by atoms with E-state index in [4.69, 9.17) is 0 Å². The quantitative estimate of drug-likeness (QED) is 0.438. The molecule has 0 aliphatic carbocycles. The lowest BCUT2D eigenvalue weighted by molar-refractivity contribution is -0.135. The van der Waals surface area contributed by atoms with Gasteiger partial charge < -0.3 is 10.6 Å². The van der Waals surface area contributed by atoms with E-state index in [1.54, 1.807) is 18.4 Å². The van der Waals surface area contributed by atoms with Crippen molar-refractivity contribution in [1.82, 2.24) is 10.6 Å². The first-order chi connectivity index (χ1) is 5.29. The Labute approximate surface area is 63.0 Å². The van der Waals surface area contributed by atoms with Gasteiger partial charge in [-0.05, 0) is 18.4 Å². The van der Waals surface area contributed by atoms with E-state index in [1.165, 1.54) is 0 Å². The van der Waals surface area contributed by atoms with Crippen LogP contribution in [0.15, 0.2) is 24.0 Å². The van der Waals surface area contributed by atoms with Crippen molar-refractivity contribution in [3.8, 4) is 0 Å². The van der Waals surface area contributed by atoms with Crippen molar-refractivity contribution in [1.29, 1.82) is 0 Å². The Morgan fingerprint density at radius 3 is 2.91 bits per heavy atom. The van der Waals surface area contributed by atoms with Gasteiger partial charge in [0.1, 0.15) is 6.04 Å². The Hall–Kier alpha value is -1.58. The van der Waals surface area contributed by atoms with E-state index >= 15 is 0 Å². The Bertz CT molecular complexity index is 291. The van der Waals surface area contributed by atoms with Crippen LogP contribution >= 0.6 is 0 Å². The van der Waals surface area contributed by atoms with Crippen LogP contribution < -0.4 is 10.6 Å². The SMILES string of the molecule is O=C1NC2=CC=CNC2C1=O. The van der Waals surface area contributed by atoms with Crippen molar-refractivity contribution in [2.75, 3.05) is 0 Å². The molecule has 1 fully saturated rings. The number of carbonyl (C=O) groups excluding carboxylic acids is 2. The second-order valence-electron chi connectivity index (χ2n) is 2.40. The minimum atomic E-state index is -0.530. The molecule has 56 valence electrons. The maximum absolute atomic E-state index is 11.0. The van der Waals surface area contributed by atoms with Crippen LogP contribution in [0.25, 0.3) is 0 Å². The molecule has 2 heterocycles. The highest BCUT2D eigenvalue weighted by Gasteiger charge is 2.36. The predicted molar refractivity (Wildman–Crippen MR) is 37.3 cm³/mol. The van der Waals surface area contributed by atoms with E-state index in [9.17, 15) is 9.59 Å². The summed E-state index contributed by atoms with van der Waals surface area (Å²) in [5.74, 6) is -0.946. The molecular formula is C7H6N2O2. The second kappa shape index (κ2) is 1.95. The molecule has 1 unspecified atom stereocenters. The van der Waals surface area contributed by atoms with E-state index in [-0.39, 0.29) is 0 Å². The van der Waals surface area contributed by atoms with Crippen LogP contribution in [-0.4, -0.2) is 17.7 Å². The Balaban J connectivity index is 2.37. The number of carbonyl (C=O) groups is 2. The first-order valence-corrected chi connectivity index (χ1v) is 3.27. The highest BCUT2D eigenvalue weighted by Crippen LogP contribution is 2.11. The molecule has 0 aromatic carbocycles. The summed E-state index contributed by atoms with van der Waals surface area (Å²) in [7, 11) is 0. The molecule has 0 bridgehead atoms. The lowest BCUT2D eigenvalue weighted by atomic mass is 10.1. The van der Waals surface area contributed by atoms with Crippen LogP contribution in [0, 0.1) is 0 Å². The molecule has 0 aromatic heterocycles. The topological polar surface area (TPSA) is 58.2 Å². The molecule has 1 saturated heterocycles. The lowest BCUT2D eigenvalue weighted by Crippen LogP contribution is -2.33. The minimum Gasteiger partial charge on any atom is -0.376 e. The highest BCUT2D eigenvalue weighted by atomic mass is 16.2. The van der Waals surface area contributed by atoms with Gasteiger partial charge in [0.2, 0.25) is 5.78 Å². The van der Waals surface area contributed by atoms with Crippen LogP contribution in [0.2, 0.25) is 0 Å². The molecule has 4 heteroatoms. The Morgan fingerprint density at radius 2 is 2.18 bits per heavy atom. The van der Waals surface area contributed by atoms with E-state index in [0.29, 0.717) is 5.70 Å². The summed E-state index contributed by atoms with van der Waals surface area (Å²) in [6.45, 7) is 0. The van der Waals surface area contributed by atoms with Crippen molar-refractivity contribution in [2.24, 2.45) is 0 Å². The summed E-state index contributed by atoms with van der Waals surface area (Å²) in [5.41, 5.74) is 0.641. The first-order valence-electron chi connectivity index (χ1n) is 3.27. The number of hydrogen-bond donors (Lipinski definition) is 2. The summed E-state index contributed by atoms with van der Waals surface area (Å²) in [6.07, 6.45) is 5.10. The average molecular weight is 150 g/mol. The molecule has 1 amide bonds. The third-order valence-electron chi connectivity index (χ3n) is 1.69. The molecule has 0 saturated carbocycles. The van der Waals surface area contributed by atoms with Gasteiger partial charge in [0.05, 0.1) is 0 Å². The minimum absolute atomic E-state index is 0.416. The fraction of sp³-hybridized carbons (Fsp3) is 0.143. The standard InChI is InChI=1S/C7H6N2O2/c10-6-5-4(9-7(6)11)2-1-3-8-5/h1-3,5,8H,(H,9,11). The molecule has 2 aliphatic heterocycles. The Morgan fingerprint density at radius 1 is 1.36 bits per heavy atom. The van der Waals surface area contributed by atoms with Crippen molar-refractivity contribution >= 4 is 11.7 Å². The molecular weight excluding hydrogens is 144 g/mol. The van der Waals surface area contributed by atoms with Gasteiger partial charge in [0.25, 0.3) is 5.91 Å². The average Bonchev–Trinajstić information content (AvgIpc) is 2.30. The molecule has 2 aliphatic rings. The number of dihydropyridines is 1. The molecule has 2 N–H and O–H groups in total. The van der Waals surface area contributed by atoms with Crippen LogP contribution in [0.4, 0.5) is 0 Å². The van der Waals surface area contributed by atoms with Crippen molar-refractivity contribution in [2.45, 2.75) is 6.04 Å². The van der Waals surface area contributed by atoms with E-state index in [2.05, 4.69) is 10.6 Å². The largest absolute Gasteiger partial charge is 0.376 e.